The lowest BCUT2D eigenvalue weighted by Gasteiger charge is -2.27. The van der Waals surface area contributed by atoms with E-state index in [9.17, 15) is 5.11 Å². The Labute approximate surface area is 78.1 Å². The highest BCUT2D eigenvalue weighted by molar-refractivity contribution is 5.15. The van der Waals surface area contributed by atoms with Crippen molar-refractivity contribution in [2.24, 2.45) is 7.05 Å². The third-order valence-electron chi connectivity index (χ3n) is 2.43. The summed E-state index contributed by atoms with van der Waals surface area (Å²) < 4.78 is 6.75. The molecule has 0 spiro atoms. The van der Waals surface area contributed by atoms with Crippen molar-refractivity contribution in [1.82, 2.24) is 9.78 Å². The van der Waals surface area contributed by atoms with Gasteiger partial charge >= 0.3 is 0 Å². The number of hydrogen-bond acceptors (Lipinski definition) is 3. The zero-order valence-corrected chi connectivity index (χ0v) is 8.48. The number of rotatable bonds is 3. The molecule has 0 fully saturated rings. The molecule has 2 unspecified atom stereocenters. The Balaban J connectivity index is 2.92. The lowest BCUT2D eigenvalue weighted by molar-refractivity contribution is -0.0772. The summed E-state index contributed by atoms with van der Waals surface area (Å²) in [5.74, 6) is 0. The molecular formula is C9H16N2O2. The maximum absolute atomic E-state index is 10.1. The molecule has 0 amide bonds. The molecule has 74 valence electrons. The maximum atomic E-state index is 10.1. The van der Waals surface area contributed by atoms with Crippen molar-refractivity contribution in [2.75, 3.05) is 7.11 Å². The van der Waals surface area contributed by atoms with Crippen LogP contribution in [-0.2, 0) is 17.4 Å². The van der Waals surface area contributed by atoms with Gasteiger partial charge < -0.3 is 9.84 Å². The number of methoxy groups -OCH3 is 1. The smallest absolute Gasteiger partial charge is 0.116 e. The number of nitrogens with zero attached hydrogens (tertiary/aromatic N) is 2. The Morgan fingerprint density at radius 1 is 1.69 bits per heavy atom. The highest BCUT2D eigenvalue weighted by atomic mass is 16.5. The molecule has 0 aromatic carbocycles. The molecule has 2 atom stereocenters. The molecule has 1 heterocycles. The maximum Gasteiger partial charge on any atom is 0.116 e. The van der Waals surface area contributed by atoms with Gasteiger partial charge in [0.1, 0.15) is 5.60 Å². The van der Waals surface area contributed by atoms with Gasteiger partial charge in [-0.15, -0.1) is 0 Å². The highest BCUT2D eigenvalue weighted by Gasteiger charge is 2.31. The third kappa shape index (κ3) is 1.89. The predicted molar refractivity (Wildman–Crippen MR) is 49.2 cm³/mol. The summed E-state index contributed by atoms with van der Waals surface area (Å²) >= 11 is 0. The zero-order valence-electron chi connectivity index (χ0n) is 8.48. The van der Waals surface area contributed by atoms with Crippen molar-refractivity contribution >= 4 is 0 Å². The van der Waals surface area contributed by atoms with Crippen LogP contribution in [0.15, 0.2) is 12.4 Å². The van der Waals surface area contributed by atoms with Crippen LogP contribution in [-0.4, -0.2) is 28.1 Å². The first-order chi connectivity index (χ1) is 5.98. The van der Waals surface area contributed by atoms with Crippen LogP contribution in [0.4, 0.5) is 0 Å². The van der Waals surface area contributed by atoms with E-state index in [1.54, 1.807) is 31.1 Å². The molecule has 1 aromatic rings. The van der Waals surface area contributed by atoms with Gasteiger partial charge in [0, 0.05) is 25.9 Å². The van der Waals surface area contributed by atoms with Gasteiger partial charge in [-0.25, -0.2) is 0 Å². The molecule has 4 nitrogen and oxygen atoms in total. The normalized spacial score (nSPS) is 18.2. The first-order valence-corrected chi connectivity index (χ1v) is 4.22. The second kappa shape index (κ2) is 3.47. The number of aryl methyl sites for hydroxylation is 1. The number of aliphatic hydroxyl groups is 1. The Bertz CT molecular complexity index is 281. The average Bonchev–Trinajstić information content (AvgIpc) is 2.50. The molecule has 0 saturated carbocycles. The van der Waals surface area contributed by atoms with Crippen LogP contribution < -0.4 is 0 Å². The molecule has 1 aromatic heterocycles. The summed E-state index contributed by atoms with van der Waals surface area (Å²) in [6.07, 6.45) is 3.18. The summed E-state index contributed by atoms with van der Waals surface area (Å²) in [6, 6.07) is 0. The van der Waals surface area contributed by atoms with Gasteiger partial charge in [0.15, 0.2) is 0 Å². The summed E-state index contributed by atoms with van der Waals surface area (Å²) in [5, 5.41) is 14.1. The molecule has 0 aliphatic heterocycles. The second-order valence-electron chi connectivity index (χ2n) is 3.43. The van der Waals surface area contributed by atoms with Crippen LogP contribution in [0.2, 0.25) is 0 Å². The van der Waals surface area contributed by atoms with E-state index in [4.69, 9.17) is 4.74 Å². The van der Waals surface area contributed by atoms with E-state index in [1.807, 2.05) is 14.0 Å². The largest absolute Gasteiger partial charge is 0.383 e. The quantitative estimate of drug-likeness (QED) is 0.750. The van der Waals surface area contributed by atoms with Gasteiger partial charge in [0.25, 0.3) is 0 Å². The number of ether oxygens (including phenoxy) is 1. The molecule has 0 aliphatic carbocycles. The van der Waals surface area contributed by atoms with Crippen LogP contribution in [0.5, 0.6) is 0 Å². The third-order valence-corrected chi connectivity index (χ3v) is 2.43. The molecule has 0 saturated heterocycles. The SMILES string of the molecule is COC(C)C(C)(O)c1cnn(C)c1. The van der Waals surface area contributed by atoms with Crippen molar-refractivity contribution in [2.45, 2.75) is 25.6 Å². The van der Waals surface area contributed by atoms with Gasteiger partial charge in [-0.05, 0) is 13.8 Å². The summed E-state index contributed by atoms with van der Waals surface area (Å²) in [4.78, 5) is 0. The molecule has 0 bridgehead atoms. The minimum Gasteiger partial charge on any atom is -0.383 e. The van der Waals surface area contributed by atoms with Crippen LogP contribution in [0.25, 0.3) is 0 Å². The van der Waals surface area contributed by atoms with E-state index in [0.29, 0.717) is 0 Å². The Morgan fingerprint density at radius 3 is 2.69 bits per heavy atom. The van der Waals surface area contributed by atoms with E-state index >= 15 is 0 Å². The van der Waals surface area contributed by atoms with Crippen molar-refractivity contribution < 1.29 is 9.84 Å². The fraction of sp³-hybridized carbons (Fsp3) is 0.667. The molecule has 13 heavy (non-hydrogen) atoms. The average molecular weight is 184 g/mol. The lowest BCUT2D eigenvalue weighted by Crippen LogP contribution is -2.35. The van der Waals surface area contributed by atoms with Crippen molar-refractivity contribution in [3.63, 3.8) is 0 Å². The van der Waals surface area contributed by atoms with Crippen molar-refractivity contribution in [1.29, 1.82) is 0 Å². The lowest BCUT2D eigenvalue weighted by atomic mass is 9.94. The zero-order chi connectivity index (χ0) is 10.1. The Morgan fingerprint density at radius 2 is 2.31 bits per heavy atom. The number of hydrogen-bond donors (Lipinski definition) is 1. The van der Waals surface area contributed by atoms with Gasteiger partial charge in [-0.3, -0.25) is 4.68 Å². The molecule has 0 aliphatic rings. The first-order valence-electron chi connectivity index (χ1n) is 4.22. The van der Waals surface area contributed by atoms with Crippen LogP contribution in [0.3, 0.4) is 0 Å². The minimum atomic E-state index is -0.983. The summed E-state index contributed by atoms with van der Waals surface area (Å²) in [6.45, 7) is 3.55. The van der Waals surface area contributed by atoms with Gasteiger partial charge in [-0.1, -0.05) is 0 Å². The van der Waals surface area contributed by atoms with E-state index in [1.165, 1.54) is 0 Å². The summed E-state index contributed by atoms with van der Waals surface area (Å²) in [7, 11) is 3.40. The Hall–Kier alpha value is -0.870. The van der Waals surface area contributed by atoms with E-state index in [0.717, 1.165) is 5.56 Å². The van der Waals surface area contributed by atoms with E-state index < -0.39 is 5.60 Å². The minimum absolute atomic E-state index is 0.253. The predicted octanol–water partition coefficient (Wildman–Crippen LogP) is 0.662. The molecule has 0 radical (unpaired) electrons. The van der Waals surface area contributed by atoms with Gasteiger partial charge in [-0.2, -0.15) is 5.10 Å². The van der Waals surface area contributed by atoms with Gasteiger partial charge in [0.2, 0.25) is 0 Å². The van der Waals surface area contributed by atoms with Crippen molar-refractivity contribution in [3.8, 4) is 0 Å². The van der Waals surface area contributed by atoms with E-state index in [-0.39, 0.29) is 6.10 Å². The van der Waals surface area contributed by atoms with Crippen LogP contribution >= 0.6 is 0 Å². The topological polar surface area (TPSA) is 47.3 Å². The number of aromatic nitrogens is 2. The first kappa shape index (κ1) is 10.2. The molecular weight excluding hydrogens is 168 g/mol. The van der Waals surface area contributed by atoms with Gasteiger partial charge in [0.05, 0.1) is 12.3 Å². The molecule has 1 rings (SSSR count). The fourth-order valence-corrected chi connectivity index (χ4v) is 1.15. The second-order valence-corrected chi connectivity index (χ2v) is 3.43. The standard InChI is InChI=1S/C9H16N2O2/c1-7(13-4)9(2,12)8-5-10-11(3)6-8/h5-7,12H,1-4H3. The van der Waals surface area contributed by atoms with Crippen molar-refractivity contribution in [3.05, 3.63) is 18.0 Å². The van der Waals surface area contributed by atoms with Crippen LogP contribution in [0.1, 0.15) is 19.4 Å². The fourth-order valence-electron chi connectivity index (χ4n) is 1.15. The summed E-state index contributed by atoms with van der Waals surface area (Å²) in [5.41, 5.74) is -0.215. The molecule has 4 heteroatoms. The van der Waals surface area contributed by atoms with Crippen LogP contribution in [0, 0.1) is 0 Å². The monoisotopic (exact) mass is 184 g/mol. The van der Waals surface area contributed by atoms with E-state index in [2.05, 4.69) is 5.10 Å². The Kier molecular flexibility index (Phi) is 2.73. The highest BCUT2D eigenvalue weighted by Crippen LogP contribution is 2.25. The molecule has 1 N–H and O–H groups in total.